The Kier molecular flexibility index (Phi) is 5.94. The molecule has 3 heteroatoms. The number of hydrogen-bond acceptors (Lipinski definition) is 3. The average Bonchev–Trinajstić information content (AvgIpc) is 2.49. The summed E-state index contributed by atoms with van der Waals surface area (Å²) in [5, 5.41) is 3.79. The van der Waals surface area contributed by atoms with Crippen molar-refractivity contribution >= 4 is 11.8 Å². The maximum absolute atomic E-state index is 3.79. The van der Waals surface area contributed by atoms with Gasteiger partial charge in [0.25, 0.3) is 0 Å². The van der Waals surface area contributed by atoms with Gasteiger partial charge in [-0.2, -0.15) is 11.8 Å². The fourth-order valence-corrected chi connectivity index (χ4v) is 3.56. The average molecular weight is 292 g/mol. The standard InChI is InChI=1S/C17H28N2S/c1-4-16-13-18-17(2,15-9-6-5-7-10-15)14-19(16)11-8-12-20-3/h5-7,9-10,16,18H,4,8,11-14H2,1-3H3. The Bertz CT molecular complexity index is 395. The van der Waals surface area contributed by atoms with Crippen LogP contribution in [0, 0.1) is 0 Å². The summed E-state index contributed by atoms with van der Waals surface area (Å²) in [5.74, 6) is 1.27. The molecule has 1 heterocycles. The summed E-state index contributed by atoms with van der Waals surface area (Å²) < 4.78 is 0. The van der Waals surface area contributed by atoms with Crippen LogP contribution in [0.4, 0.5) is 0 Å². The Hall–Kier alpha value is -0.510. The predicted octanol–water partition coefficient (Wildman–Crippen LogP) is 3.34. The van der Waals surface area contributed by atoms with Crippen LogP contribution < -0.4 is 5.32 Å². The number of benzene rings is 1. The SMILES string of the molecule is CCC1CNC(C)(c2ccccc2)CN1CCCSC. The Morgan fingerprint density at radius 2 is 2.10 bits per heavy atom. The molecule has 1 aliphatic rings. The van der Waals surface area contributed by atoms with Crippen LogP contribution in [0.2, 0.25) is 0 Å². The maximum atomic E-state index is 3.79. The summed E-state index contributed by atoms with van der Waals surface area (Å²) in [6, 6.07) is 11.6. The third-order valence-electron chi connectivity index (χ3n) is 4.44. The molecule has 0 aliphatic carbocycles. The minimum absolute atomic E-state index is 0.0896. The van der Waals surface area contributed by atoms with E-state index in [1.165, 1.54) is 30.7 Å². The van der Waals surface area contributed by atoms with Gasteiger partial charge in [-0.25, -0.2) is 0 Å². The van der Waals surface area contributed by atoms with Gasteiger partial charge in [0, 0.05) is 19.1 Å². The van der Waals surface area contributed by atoms with E-state index in [0.29, 0.717) is 6.04 Å². The lowest BCUT2D eigenvalue weighted by Crippen LogP contribution is -2.61. The highest BCUT2D eigenvalue weighted by Crippen LogP contribution is 2.27. The van der Waals surface area contributed by atoms with Gasteiger partial charge >= 0.3 is 0 Å². The molecule has 0 amide bonds. The van der Waals surface area contributed by atoms with Crippen LogP contribution in [0.1, 0.15) is 32.3 Å². The van der Waals surface area contributed by atoms with Crippen molar-refractivity contribution in [3.05, 3.63) is 35.9 Å². The van der Waals surface area contributed by atoms with Crippen molar-refractivity contribution in [2.75, 3.05) is 31.6 Å². The zero-order chi connectivity index (χ0) is 14.4. The molecule has 1 N–H and O–H groups in total. The maximum Gasteiger partial charge on any atom is 0.0535 e. The molecule has 0 saturated carbocycles. The van der Waals surface area contributed by atoms with Crippen molar-refractivity contribution < 1.29 is 0 Å². The number of nitrogens with one attached hydrogen (secondary N) is 1. The third kappa shape index (κ3) is 3.78. The van der Waals surface area contributed by atoms with Crippen LogP contribution in [0.15, 0.2) is 30.3 Å². The van der Waals surface area contributed by atoms with Crippen molar-refractivity contribution in [2.24, 2.45) is 0 Å². The number of rotatable bonds is 6. The van der Waals surface area contributed by atoms with Crippen LogP contribution >= 0.6 is 11.8 Å². The second kappa shape index (κ2) is 7.48. The smallest absolute Gasteiger partial charge is 0.0535 e. The van der Waals surface area contributed by atoms with Crippen molar-refractivity contribution in [3.63, 3.8) is 0 Å². The Balaban J connectivity index is 2.06. The van der Waals surface area contributed by atoms with Gasteiger partial charge in [-0.15, -0.1) is 0 Å². The molecule has 1 fully saturated rings. The van der Waals surface area contributed by atoms with Gasteiger partial charge in [-0.1, -0.05) is 37.3 Å². The number of thioether (sulfide) groups is 1. The predicted molar refractivity (Wildman–Crippen MR) is 90.4 cm³/mol. The molecule has 2 atom stereocenters. The molecular weight excluding hydrogens is 264 g/mol. The van der Waals surface area contributed by atoms with Crippen LogP contribution in [0.5, 0.6) is 0 Å². The zero-order valence-corrected chi connectivity index (χ0v) is 13.9. The van der Waals surface area contributed by atoms with E-state index in [1.54, 1.807) is 0 Å². The first kappa shape index (κ1) is 15.9. The molecule has 20 heavy (non-hydrogen) atoms. The van der Waals surface area contributed by atoms with Gasteiger partial charge in [-0.05, 0) is 43.9 Å². The summed E-state index contributed by atoms with van der Waals surface area (Å²) in [6.07, 6.45) is 4.73. The highest BCUT2D eigenvalue weighted by atomic mass is 32.2. The van der Waals surface area contributed by atoms with Gasteiger partial charge in [0.15, 0.2) is 0 Å². The molecule has 112 valence electrons. The highest BCUT2D eigenvalue weighted by Gasteiger charge is 2.35. The molecule has 0 spiro atoms. The molecule has 0 radical (unpaired) electrons. The van der Waals surface area contributed by atoms with E-state index in [1.807, 2.05) is 11.8 Å². The summed E-state index contributed by atoms with van der Waals surface area (Å²) >= 11 is 1.95. The molecule has 2 unspecified atom stereocenters. The highest BCUT2D eigenvalue weighted by molar-refractivity contribution is 7.98. The van der Waals surface area contributed by atoms with Crippen LogP contribution in [0.25, 0.3) is 0 Å². The van der Waals surface area contributed by atoms with Crippen molar-refractivity contribution in [3.8, 4) is 0 Å². The van der Waals surface area contributed by atoms with Crippen LogP contribution in [0.3, 0.4) is 0 Å². The minimum Gasteiger partial charge on any atom is -0.305 e. The normalized spacial score (nSPS) is 27.6. The van der Waals surface area contributed by atoms with Crippen LogP contribution in [-0.2, 0) is 5.54 Å². The fourth-order valence-electron chi connectivity index (χ4n) is 3.14. The summed E-state index contributed by atoms with van der Waals surface area (Å²) in [5.41, 5.74) is 1.50. The van der Waals surface area contributed by atoms with E-state index in [2.05, 4.69) is 60.7 Å². The van der Waals surface area contributed by atoms with Gasteiger partial charge in [-0.3, -0.25) is 4.90 Å². The first-order valence-corrected chi connectivity index (χ1v) is 9.12. The zero-order valence-electron chi connectivity index (χ0n) is 13.1. The monoisotopic (exact) mass is 292 g/mol. The van der Waals surface area contributed by atoms with Crippen molar-refractivity contribution in [1.82, 2.24) is 10.2 Å². The molecule has 2 nitrogen and oxygen atoms in total. The van der Waals surface area contributed by atoms with E-state index in [-0.39, 0.29) is 5.54 Å². The Morgan fingerprint density at radius 1 is 1.35 bits per heavy atom. The van der Waals surface area contributed by atoms with Gasteiger partial charge < -0.3 is 5.32 Å². The van der Waals surface area contributed by atoms with E-state index in [0.717, 1.165) is 13.1 Å². The first-order valence-electron chi connectivity index (χ1n) is 7.73. The minimum atomic E-state index is 0.0896. The number of piperazine rings is 1. The molecule has 2 rings (SSSR count). The summed E-state index contributed by atoms with van der Waals surface area (Å²) in [7, 11) is 0. The third-order valence-corrected chi connectivity index (χ3v) is 5.14. The lowest BCUT2D eigenvalue weighted by molar-refractivity contribution is 0.0836. The molecule has 1 aromatic rings. The molecule has 0 bridgehead atoms. The lowest BCUT2D eigenvalue weighted by Gasteiger charge is -2.46. The van der Waals surface area contributed by atoms with E-state index >= 15 is 0 Å². The lowest BCUT2D eigenvalue weighted by atomic mass is 9.87. The second-order valence-electron chi connectivity index (χ2n) is 5.96. The summed E-state index contributed by atoms with van der Waals surface area (Å²) in [6.45, 7) is 8.09. The van der Waals surface area contributed by atoms with E-state index in [4.69, 9.17) is 0 Å². The molecular formula is C17H28N2S. The van der Waals surface area contributed by atoms with Gasteiger partial charge in [0.1, 0.15) is 0 Å². The van der Waals surface area contributed by atoms with Gasteiger partial charge in [0.2, 0.25) is 0 Å². The number of hydrogen-bond donors (Lipinski definition) is 1. The summed E-state index contributed by atoms with van der Waals surface area (Å²) in [4.78, 5) is 2.69. The quantitative estimate of drug-likeness (QED) is 0.810. The molecule has 1 aliphatic heterocycles. The topological polar surface area (TPSA) is 15.3 Å². The molecule has 1 aromatic carbocycles. The molecule has 0 aromatic heterocycles. The Labute approximate surface area is 128 Å². The largest absolute Gasteiger partial charge is 0.305 e. The Morgan fingerprint density at radius 3 is 2.75 bits per heavy atom. The van der Waals surface area contributed by atoms with Crippen molar-refractivity contribution in [2.45, 2.75) is 38.3 Å². The van der Waals surface area contributed by atoms with Gasteiger partial charge in [0.05, 0.1) is 5.54 Å². The molecule has 1 saturated heterocycles. The fraction of sp³-hybridized carbons (Fsp3) is 0.647. The van der Waals surface area contributed by atoms with Crippen LogP contribution in [-0.4, -0.2) is 42.6 Å². The van der Waals surface area contributed by atoms with E-state index in [9.17, 15) is 0 Å². The van der Waals surface area contributed by atoms with Crippen molar-refractivity contribution in [1.29, 1.82) is 0 Å². The second-order valence-corrected chi connectivity index (χ2v) is 6.94. The van der Waals surface area contributed by atoms with E-state index < -0.39 is 0 Å². The first-order chi connectivity index (χ1) is 9.69. The number of nitrogens with zero attached hydrogens (tertiary/aromatic N) is 1.